The summed E-state index contributed by atoms with van der Waals surface area (Å²) in [6.45, 7) is 0.164. The molecule has 0 aliphatic rings. The number of pyridine rings is 1. The first-order valence-electron chi connectivity index (χ1n) is 8.07. The third-order valence-corrected chi connectivity index (χ3v) is 3.67. The van der Waals surface area contributed by atoms with E-state index in [1.54, 1.807) is 13.1 Å². The number of para-hydroxylation sites is 1. The van der Waals surface area contributed by atoms with Crippen LogP contribution in [-0.2, 0) is 13.7 Å². The standard InChI is InChI=1S/C19H17N3O5/c1-22-10-9-13(11-17(22)23)18(24)20-21-19(25)16-8-7-15(27-16)12-26-14-5-3-2-4-6-14/h2-11H,12H2,1H3,(H,20,24)(H,21,25). The summed E-state index contributed by atoms with van der Waals surface area (Å²) in [5, 5.41) is 0. The zero-order valence-electron chi connectivity index (χ0n) is 14.5. The van der Waals surface area contributed by atoms with E-state index < -0.39 is 11.8 Å². The number of hydrogen-bond donors (Lipinski definition) is 2. The molecule has 0 unspecified atom stereocenters. The van der Waals surface area contributed by atoms with Crippen molar-refractivity contribution < 1.29 is 18.7 Å². The number of carbonyl (C=O) groups is 2. The summed E-state index contributed by atoms with van der Waals surface area (Å²) in [5.74, 6) is -0.0765. The molecule has 0 atom stereocenters. The highest BCUT2D eigenvalue weighted by Crippen LogP contribution is 2.13. The zero-order chi connectivity index (χ0) is 19.2. The number of furan rings is 1. The van der Waals surface area contributed by atoms with E-state index in [0.717, 1.165) is 0 Å². The first kappa shape index (κ1) is 18.0. The van der Waals surface area contributed by atoms with Crippen LogP contribution in [0.4, 0.5) is 0 Å². The molecular weight excluding hydrogens is 350 g/mol. The molecule has 2 aromatic heterocycles. The molecule has 8 nitrogen and oxygen atoms in total. The van der Waals surface area contributed by atoms with Gasteiger partial charge < -0.3 is 13.7 Å². The van der Waals surface area contributed by atoms with E-state index in [2.05, 4.69) is 10.9 Å². The van der Waals surface area contributed by atoms with Crippen LogP contribution in [0.1, 0.15) is 26.7 Å². The zero-order valence-corrected chi connectivity index (χ0v) is 14.5. The molecule has 0 radical (unpaired) electrons. The summed E-state index contributed by atoms with van der Waals surface area (Å²) in [4.78, 5) is 35.6. The Morgan fingerprint density at radius 1 is 1.04 bits per heavy atom. The van der Waals surface area contributed by atoms with Gasteiger partial charge in [0.2, 0.25) is 0 Å². The quantitative estimate of drug-likeness (QED) is 0.668. The third kappa shape index (κ3) is 4.63. The second-order valence-corrected chi connectivity index (χ2v) is 5.64. The highest BCUT2D eigenvalue weighted by atomic mass is 16.5. The summed E-state index contributed by atoms with van der Waals surface area (Å²) in [5.41, 5.74) is 4.27. The Hall–Kier alpha value is -3.81. The molecule has 2 amide bonds. The minimum Gasteiger partial charge on any atom is -0.486 e. The molecule has 0 saturated carbocycles. The van der Waals surface area contributed by atoms with E-state index in [1.807, 2.05) is 30.3 Å². The Morgan fingerprint density at radius 3 is 2.52 bits per heavy atom. The van der Waals surface area contributed by atoms with Crippen molar-refractivity contribution in [2.24, 2.45) is 7.05 Å². The number of aryl methyl sites for hydroxylation is 1. The van der Waals surface area contributed by atoms with Gasteiger partial charge in [0, 0.05) is 24.9 Å². The Morgan fingerprint density at radius 2 is 1.78 bits per heavy atom. The fraction of sp³-hybridized carbons (Fsp3) is 0.105. The minimum atomic E-state index is -0.627. The molecule has 3 rings (SSSR count). The molecule has 0 fully saturated rings. The number of hydrogen-bond acceptors (Lipinski definition) is 5. The van der Waals surface area contributed by atoms with Crippen LogP contribution in [-0.4, -0.2) is 16.4 Å². The monoisotopic (exact) mass is 367 g/mol. The summed E-state index contributed by atoms with van der Waals surface area (Å²) in [6.07, 6.45) is 1.46. The number of amides is 2. The van der Waals surface area contributed by atoms with Crippen molar-refractivity contribution in [2.75, 3.05) is 0 Å². The molecule has 1 aromatic carbocycles. The van der Waals surface area contributed by atoms with E-state index in [1.165, 1.54) is 29.0 Å². The van der Waals surface area contributed by atoms with Gasteiger partial charge in [-0.25, -0.2) is 0 Å². The van der Waals surface area contributed by atoms with Crippen LogP contribution in [0.5, 0.6) is 5.75 Å². The van der Waals surface area contributed by atoms with Crippen molar-refractivity contribution in [3.63, 3.8) is 0 Å². The van der Waals surface area contributed by atoms with Gasteiger partial charge in [-0.05, 0) is 30.3 Å². The number of rotatable bonds is 5. The molecule has 2 N–H and O–H groups in total. The lowest BCUT2D eigenvalue weighted by atomic mass is 10.2. The second-order valence-electron chi connectivity index (χ2n) is 5.64. The van der Waals surface area contributed by atoms with Crippen molar-refractivity contribution in [1.29, 1.82) is 0 Å². The maximum absolute atomic E-state index is 12.1. The lowest BCUT2D eigenvalue weighted by Gasteiger charge is -2.06. The molecule has 0 bridgehead atoms. The van der Waals surface area contributed by atoms with Gasteiger partial charge in [-0.1, -0.05) is 18.2 Å². The van der Waals surface area contributed by atoms with E-state index in [0.29, 0.717) is 11.5 Å². The van der Waals surface area contributed by atoms with Gasteiger partial charge in [0.15, 0.2) is 5.76 Å². The first-order chi connectivity index (χ1) is 13.0. The van der Waals surface area contributed by atoms with Crippen molar-refractivity contribution >= 4 is 11.8 Å². The lowest BCUT2D eigenvalue weighted by molar-refractivity contribution is 0.0828. The fourth-order valence-corrected chi connectivity index (χ4v) is 2.19. The average Bonchev–Trinajstić information content (AvgIpc) is 3.16. The molecule has 138 valence electrons. The largest absolute Gasteiger partial charge is 0.486 e. The molecule has 0 aliphatic carbocycles. The van der Waals surface area contributed by atoms with Crippen molar-refractivity contribution in [3.8, 4) is 5.75 Å². The number of carbonyl (C=O) groups excluding carboxylic acids is 2. The van der Waals surface area contributed by atoms with Crippen LogP contribution >= 0.6 is 0 Å². The summed E-state index contributed by atoms with van der Waals surface area (Å²) >= 11 is 0. The summed E-state index contributed by atoms with van der Waals surface area (Å²) in [6, 6.07) is 14.9. The molecule has 8 heteroatoms. The number of hydrazine groups is 1. The third-order valence-electron chi connectivity index (χ3n) is 3.67. The molecule has 3 aromatic rings. The number of aromatic nitrogens is 1. The smallest absolute Gasteiger partial charge is 0.305 e. The van der Waals surface area contributed by atoms with Crippen LogP contribution in [0.15, 0.2) is 70.0 Å². The topological polar surface area (TPSA) is 103 Å². The van der Waals surface area contributed by atoms with Crippen LogP contribution < -0.4 is 21.1 Å². The highest BCUT2D eigenvalue weighted by Gasteiger charge is 2.13. The van der Waals surface area contributed by atoms with Crippen LogP contribution in [0, 0.1) is 0 Å². The molecule has 27 heavy (non-hydrogen) atoms. The maximum Gasteiger partial charge on any atom is 0.305 e. The molecular formula is C19H17N3O5. The highest BCUT2D eigenvalue weighted by molar-refractivity contribution is 5.97. The Kier molecular flexibility index (Phi) is 5.36. The molecule has 0 saturated heterocycles. The summed E-state index contributed by atoms with van der Waals surface area (Å²) in [7, 11) is 1.57. The van der Waals surface area contributed by atoms with Crippen molar-refractivity contribution in [2.45, 2.75) is 6.61 Å². The van der Waals surface area contributed by atoms with E-state index in [9.17, 15) is 14.4 Å². The van der Waals surface area contributed by atoms with E-state index in [4.69, 9.17) is 9.15 Å². The fourth-order valence-electron chi connectivity index (χ4n) is 2.19. The van der Waals surface area contributed by atoms with Gasteiger partial charge in [-0.3, -0.25) is 25.2 Å². The van der Waals surface area contributed by atoms with Crippen LogP contribution in [0.2, 0.25) is 0 Å². The van der Waals surface area contributed by atoms with Gasteiger partial charge in [-0.2, -0.15) is 0 Å². The van der Waals surface area contributed by atoms with Crippen LogP contribution in [0.25, 0.3) is 0 Å². The Labute approximate surface area is 154 Å². The second kappa shape index (κ2) is 8.05. The molecule has 0 aliphatic heterocycles. The molecule has 2 heterocycles. The SMILES string of the molecule is Cn1ccc(C(=O)NNC(=O)c2ccc(COc3ccccc3)o2)cc1=O. The number of nitrogens with zero attached hydrogens (tertiary/aromatic N) is 1. The van der Waals surface area contributed by atoms with Crippen LogP contribution in [0.3, 0.4) is 0 Å². The number of nitrogens with one attached hydrogen (secondary N) is 2. The van der Waals surface area contributed by atoms with Gasteiger partial charge in [-0.15, -0.1) is 0 Å². The Balaban J connectivity index is 1.53. The lowest BCUT2D eigenvalue weighted by Crippen LogP contribution is -2.41. The normalized spacial score (nSPS) is 10.3. The van der Waals surface area contributed by atoms with Crippen molar-refractivity contribution in [3.05, 3.63) is 88.2 Å². The van der Waals surface area contributed by atoms with Gasteiger partial charge in [0.1, 0.15) is 18.1 Å². The van der Waals surface area contributed by atoms with Gasteiger partial charge in [0.05, 0.1) is 0 Å². The summed E-state index contributed by atoms with van der Waals surface area (Å²) < 4.78 is 12.3. The van der Waals surface area contributed by atoms with Gasteiger partial charge >= 0.3 is 5.91 Å². The predicted octanol–water partition coefficient (Wildman–Crippen LogP) is 1.63. The number of benzene rings is 1. The maximum atomic E-state index is 12.1. The first-order valence-corrected chi connectivity index (χ1v) is 8.07. The van der Waals surface area contributed by atoms with E-state index >= 15 is 0 Å². The van der Waals surface area contributed by atoms with Gasteiger partial charge in [0.25, 0.3) is 11.5 Å². The number of ether oxygens (including phenoxy) is 1. The van der Waals surface area contributed by atoms with E-state index in [-0.39, 0.29) is 23.5 Å². The minimum absolute atomic E-state index is 0.0194. The Bertz CT molecular complexity index is 1010. The van der Waals surface area contributed by atoms with Crippen molar-refractivity contribution in [1.82, 2.24) is 15.4 Å². The molecule has 0 spiro atoms. The average molecular weight is 367 g/mol. The predicted molar refractivity (Wildman–Crippen MR) is 96.1 cm³/mol.